The summed E-state index contributed by atoms with van der Waals surface area (Å²) in [7, 11) is 1.42. The Kier molecular flexibility index (Phi) is 6.11. The lowest BCUT2D eigenvalue weighted by molar-refractivity contribution is -0.274. The van der Waals surface area contributed by atoms with E-state index in [4.69, 9.17) is 15.2 Å². The topological polar surface area (TPSA) is 99.9 Å². The van der Waals surface area contributed by atoms with Crippen molar-refractivity contribution in [3.8, 4) is 17.2 Å². The summed E-state index contributed by atoms with van der Waals surface area (Å²) < 4.78 is 50.3. The van der Waals surface area contributed by atoms with Gasteiger partial charge in [-0.2, -0.15) is 0 Å². The molecular weight excluding hydrogens is 369 g/mol. The molecule has 0 saturated carbocycles. The number of benzene rings is 2. The molecule has 7 nitrogen and oxygen atoms in total. The van der Waals surface area contributed by atoms with Crippen LogP contribution in [0.1, 0.15) is 10.4 Å². The van der Waals surface area contributed by atoms with E-state index >= 15 is 0 Å². The highest BCUT2D eigenvalue weighted by Crippen LogP contribution is 2.25. The first kappa shape index (κ1) is 19.9. The average Bonchev–Trinajstić information content (AvgIpc) is 2.60. The van der Waals surface area contributed by atoms with Crippen LogP contribution in [0.2, 0.25) is 0 Å². The van der Waals surface area contributed by atoms with Crippen LogP contribution in [0, 0.1) is 0 Å². The van der Waals surface area contributed by atoms with Crippen molar-refractivity contribution in [1.29, 1.82) is 0 Å². The van der Waals surface area contributed by atoms with Gasteiger partial charge in [-0.15, -0.1) is 13.2 Å². The third-order valence-electron chi connectivity index (χ3n) is 3.18. The van der Waals surface area contributed by atoms with E-state index in [1.807, 2.05) is 0 Å². The third-order valence-corrected chi connectivity index (χ3v) is 3.18. The van der Waals surface area contributed by atoms with Crippen molar-refractivity contribution in [3.63, 3.8) is 0 Å². The Balaban J connectivity index is 1.96. The van der Waals surface area contributed by atoms with Gasteiger partial charge in [-0.1, -0.05) is 0 Å². The summed E-state index contributed by atoms with van der Waals surface area (Å²) >= 11 is 0. The van der Waals surface area contributed by atoms with Gasteiger partial charge in [-0.25, -0.2) is 0 Å². The number of hydrogen-bond acceptors (Lipinski definition) is 5. The molecule has 0 aliphatic carbocycles. The van der Waals surface area contributed by atoms with E-state index in [1.54, 1.807) is 0 Å². The number of carbonyl (C=O) groups excluding carboxylic acids is 2. The second-order valence-electron chi connectivity index (χ2n) is 5.14. The molecule has 2 rings (SSSR count). The highest BCUT2D eigenvalue weighted by molar-refractivity contribution is 5.96. The lowest BCUT2D eigenvalue weighted by Gasteiger charge is -2.12. The summed E-state index contributed by atoms with van der Waals surface area (Å²) in [6, 6.07) is 8.91. The van der Waals surface area contributed by atoms with E-state index in [1.165, 1.54) is 37.4 Å². The number of nitrogens with two attached hydrogens (primary N) is 1. The molecule has 10 heteroatoms. The predicted octanol–water partition coefficient (Wildman–Crippen LogP) is 2.71. The van der Waals surface area contributed by atoms with Crippen molar-refractivity contribution in [2.24, 2.45) is 5.73 Å². The van der Waals surface area contributed by atoms with E-state index in [0.29, 0.717) is 5.75 Å². The van der Waals surface area contributed by atoms with E-state index in [2.05, 4.69) is 10.1 Å². The zero-order valence-electron chi connectivity index (χ0n) is 14.0. The molecular formula is C17H15F3N2O5. The number of primary amides is 1. The largest absolute Gasteiger partial charge is 0.573 e. The van der Waals surface area contributed by atoms with Gasteiger partial charge in [0.2, 0.25) is 0 Å². The van der Waals surface area contributed by atoms with E-state index in [0.717, 1.165) is 12.1 Å². The number of anilines is 1. The minimum Gasteiger partial charge on any atom is -0.497 e. The minimum absolute atomic E-state index is 0.0378. The number of carbonyl (C=O) groups is 2. The molecule has 2 aromatic carbocycles. The fourth-order valence-corrected chi connectivity index (χ4v) is 2.03. The van der Waals surface area contributed by atoms with Crippen LogP contribution < -0.4 is 25.3 Å². The van der Waals surface area contributed by atoms with Gasteiger partial charge < -0.3 is 25.3 Å². The molecule has 0 bridgehead atoms. The van der Waals surface area contributed by atoms with Crippen LogP contribution in [0.3, 0.4) is 0 Å². The van der Waals surface area contributed by atoms with Crippen molar-refractivity contribution in [2.75, 3.05) is 19.0 Å². The Hall–Kier alpha value is -3.43. The number of methoxy groups -OCH3 is 1. The number of halogens is 3. The highest BCUT2D eigenvalue weighted by Gasteiger charge is 2.30. The van der Waals surface area contributed by atoms with Crippen LogP contribution in [-0.4, -0.2) is 31.9 Å². The van der Waals surface area contributed by atoms with Crippen LogP contribution in [0.25, 0.3) is 0 Å². The zero-order valence-corrected chi connectivity index (χ0v) is 14.0. The normalized spacial score (nSPS) is 10.8. The van der Waals surface area contributed by atoms with Crippen molar-refractivity contribution in [3.05, 3.63) is 48.0 Å². The maximum absolute atomic E-state index is 12.1. The molecule has 0 spiro atoms. The molecule has 2 aromatic rings. The quantitative estimate of drug-likeness (QED) is 0.765. The van der Waals surface area contributed by atoms with Crippen molar-refractivity contribution in [1.82, 2.24) is 0 Å². The highest BCUT2D eigenvalue weighted by atomic mass is 19.4. The summed E-state index contributed by atoms with van der Waals surface area (Å²) in [6.07, 6.45) is -4.80. The van der Waals surface area contributed by atoms with E-state index in [-0.39, 0.29) is 17.0 Å². The minimum atomic E-state index is -4.80. The number of ether oxygens (including phenoxy) is 3. The number of alkyl halides is 3. The number of nitrogens with one attached hydrogen (secondary N) is 1. The smallest absolute Gasteiger partial charge is 0.497 e. The zero-order chi connectivity index (χ0) is 20.0. The maximum atomic E-state index is 12.1. The lowest BCUT2D eigenvalue weighted by atomic mass is 10.2. The third kappa shape index (κ3) is 6.10. The van der Waals surface area contributed by atoms with Crippen molar-refractivity contribution < 1.29 is 37.0 Å². The van der Waals surface area contributed by atoms with Gasteiger partial charge in [0.1, 0.15) is 17.2 Å². The summed E-state index contributed by atoms with van der Waals surface area (Å²) in [4.78, 5) is 23.4. The van der Waals surface area contributed by atoms with Gasteiger partial charge in [-0.05, 0) is 42.5 Å². The first-order valence-electron chi connectivity index (χ1n) is 7.44. The van der Waals surface area contributed by atoms with Crippen LogP contribution in [-0.2, 0) is 4.79 Å². The number of rotatable bonds is 7. The molecule has 0 unspecified atom stereocenters. The first-order valence-corrected chi connectivity index (χ1v) is 7.44. The van der Waals surface area contributed by atoms with Crippen LogP contribution >= 0.6 is 0 Å². The Morgan fingerprint density at radius 3 is 2.26 bits per heavy atom. The molecule has 144 valence electrons. The van der Waals surface area contributed by atoms with Crippen LogP contribution in [0.4, 0.5) is 18.9 Å². The molecule has 3 N–H and O–H groups in total. The van der Waals surface area contributed by atoms with E-state index in [9.17, 15) is 22.8 Å². The molecule has 0 aromatic heterocycles. The SMILES string of the molecule is COc1ccc(OCC(=O)Nc2ccc(OC(F)(F)F)cc2)c(C(N)=O)c1. The van der Waals surface area contributed by atoms with E-state index < -0.39 is 30.5 Å². The van der Waals surface area contributed by atoms with Crippen molar-refractivity contribution in [2.45, 2.75) is 6.36 Å². The molecule has 0 fully saturated rings. The summed E-state index contributed by atoms with van der Waals surface area (Å²) in [5.41, 5.74) is 5.54. The number of amides is 2. The monoisotopic (exact) mass is 384 g/mol. The van der Waals surface area contributed by atoms with Gasteiger partial charge in [0.05, 0.1) is 12.7 Å². The van der Waals surface area contributed by atoms with Gasteiger partial charge in [0.25, 0.3) is 11.8 Å². The number of hydrogen-bond donors (Lipinski definition) is 2. The van der Waals surface area contributed by atoms with Gasteiger partial charge >= 0.3 is 6.36 Å². The standard InChI is InChI=1S/C17H15F3N2O5/c1-25-12-6-7-14(13(8-12)16(21)24)26-9-15(23)22-10-2-4-11(5-3-10)27-17(18,19)20/h2-8H,9H2,1H3,(H2,21,24)(H,22,23). The van der Waals surface area contributed by atoms with Gasteiger partial charge in [0.15, 0.2) is 6.61 Å². The van der Waals surface area contributed by atoms with Crippen LogP contribution in [0.5, 0.6) is 17.2 Å². The molecule has 0 aliphatic rings. The molecule has 0 saturated heterocycles. The Morgan fingerprint density at radius 2 is 1.70 bits per heavy atom. The molecule has 0 aliphatic heterocycles. The second-order valence-corrected chi connectivity index (χ2v) is 5.14. The molecule has 0 heterocycles. The molecule has 0 radical (unpaired) electrons. The first-order chi connectivity index (χ1) is 12.7. The van der Waals surface area contributed by atoms with Gasteiger partial charge in [-0.3, -0.25) is 9.59 Å². The molecule has 2 amide bonds. The summed E-state index contributed by atoms with van der Waals surface area (Å²) in [5.74, 6) is -1.29. The molecule has 0 atom stereocenters. The summed E-state index contributed by atoms with van der Waals surface area (Å²) in [6.45, 7) is -0.451. The predicted molar refractivity (Wildman–Crippen MR) is 88.8 cm³/mol. The maximum Gasteiger partial charge on any atom is 0.573 e. The van der Waals surface area contributed by atoms with Crippen LogP contribution in [0.15, 0.2) is 42.5 Å². The van der Waals surface area contributed by atoms with Crippen molar-refractivity contribution >= 4 is 17.5 Å². The van der Waals surface area contributed by atoms with Gasteiger partial charge in [0, 0.05) is 5.69 Å². The summed E-state index contributed by atoms with van der Waals surface area (Å²) in [5, 5.41) is 2.43. The fraction of sp³-hybridized carbons (Fsp3) is 0.176. The second kappa shape index (κ2) is 8.30. The lowest BCUT2D eigenvalue weighted by Crippen LogP contribution is -2.22. The average molecular weight is 384 g/mol. The Labute approximate surface area is 151 Å². The Bertz CT molecular complexity index is 822. The fourth-order valence-electron chi connectivity index (χ4n) is 2.03. The Morgan fingerprint density at radius 1 is 1.07 bits per heavy atom. The molecule has 27 heavy (non-hydrogen) atoms.